The number of carboxylic acids is 1. The standard InChI is InChI=1S/C27H36O5/c1-18(13-16-28)11-12-21-19(2)17-22(32-24(29)20-9-6-5-7-10-20)23-26(21,3)14-8-15-27(23,4)25(30)31/h5-7,9-10,13,21-23,28H,2,8,11-12,14-17H2,1,3-4H3,(H,30,31)/b18-13+/t21-,22-,23-,26-,27-/m1/s1. The van der Waals surface area contributed by atoms with E-state index in [2.05, 4.69) is 13.5 Å². The van der Waals surface area contributed by atoms with E-state index in [-0.39, 0.29) is 23.9 Å². The summed E-state index contributed by atoms with van der Waals surface area (Å²) in [6.07, 6.45) is 5.73. The van der Waals surface area contributed by atoms with Crippen LogP contribution in [0.5, 0.6) is 0 Å². The summed E-state index contributed by atoms with van der Waals surface area (Å²) in [6, 6.07) is 8.86. The van der Waals surface area contributed by atoms with Gasteiger partial charge in [0.2, 0.25) is 0 Å². The summed E-state index contributed by atoms with van der Waals surface area (Å²) in [4.78, 5) is 25.4. The Morgan fingerprint density at radius 3 is 2.53 bits per heavy atom. The molecule has 0 aliphatic heterocycles. The lowest BCUT2D eigenvalue weighted by molar-refractivity contribution is -0.177. The fraction of sp³-hybridized carbons (Fsp3) is 0.556. The van der Waals surface area contributed by atoms with Crippen LogP contribution in [0.4, 0.5) is 0 Å². The van der Waals surface area contributed by atoms with Crippen molar-refractivity contribution in [2.75, 3.05) is 6.61 Å². The van der Waals surface area contributed by atoms with Gasteiger partial charge in [-0.05, 0) is 63.0 Å². The third-order valence-corrected chi connectivity index (χ3v) is 7.96. The molecule has 0 saturated heterocycles. The van der Waals surface area contributed by atoms with E-state index in [1.54, 1.807) is 24.3 Å². The average molecular weight is 441 g/mol. The van der Waals surface area contributed by atoms with Crippen molar-refractivity contribution in [3.63, 3.8) is 0 Å². The highest BCUT2D eigenvalue weighted by atomic mass is 16.5. The number of carboxylic acid groups (broad SMARTS) is 1. The molecule has 174 valence electrons. The molecule has 5 atom stereocenters. The van der Waals surface area contributed by atoms with Crippen LogP contribution in [0, 0.1) is 22.7 Å². The molecule has 0 amide bonds. The Morgan fingerprint density at radius 1 is 1.22 bits per heavy atom. The Kier molecular flexibility index (Phi) is 7.29. The first-order valence-electron chi connectivity index (χ1n) is 11.6. The molecule has 32 heavy (non-hydrogen) atoms. The predicted molar refractivity (Wildman–Crippen MR) is 124 cm³/mol. The highest BCUT2D eigenvalue weighted by molar-refractivity contribution is 5.89. The lowest BCUT2D eigenvalue weighted by atomic mass is 9.45. The number of allylic oxidation sites excluding steroid dienone is 1. The third-order valence-electron chi connectivity index (χ3n) is 7.96. The van der Waals surface area contributed by atoms with E-state index >= 15 is 0 Å². The summed E-state index contributed by atoms with van der Waals surface area (Å²) < 4.78 is 6.03. The van der Waals surface area contributed by atoms with Crippen LogP contribution in [-0.2, 0) is 9.53 Å². The molecule has 2 saturated carbocycles. The molecule has 0 spiro atoms. The molecule has 5 heteroatoms. The monoisotopic (exact) mass is 440 g/mol. The Balaban J connectivity index is 1.96. The molecule has 0 radical (unpaired) electrons. The van der Waals surface area contributed by atoms with Crippen molar-refractivity contribution in [2.24, 2.45) is 22.7 Å². The number of hydrogen-bond acceptors (Lipinski definition) is 4. The van der Waals surface area contributed by atoms with Crippen LogP contribution in [0.2, 0.25) is 0 Å². The lowest BCUT2D eigenvalue weighted by Gasteiger charge is -2.59. The van der Waals surface area contributed by atoms with Crippen molar-refractivity contribution < 1.29 is 24.5 Å². The average Bonchev–Trinajstić information content (AvgIpc) is 2.73. The zero-order valence-corrected chi connectivity index (χ0v) is 19.5. The summed E-state index contributed by atoms with van der Waals surface area (Å²) in [5.74, 6) is -1.40. The van der Waals surface area contributed by atoms with Gasteiger partial charge in [0, 0.05) is 12.3 Å². The van der Waals surface area contributed by atoms with Crippen LogP contribution >= 0.6 is 0 Å². The Bertz CT molecular complexity index is 889. The molecule has 1 aromatic rings. The van der Waals surface area contributed by atoms with Crippen molar-refractivity contribution >= 4 is 11.9 Å². The minimum atomic E-state index is -0.969. The molecule has 1 aromatic carbocycles. The predicted octanol–water partition coefficient (Wildman–Crippen LogP) is 5.40. The number of carbonyl (C=O) groups excluding carboxylic acids is 1. The van der Waals surface area contributed by atoms with E-state index in [1.807, 2.05) is 26.0 Å². The zero-order valence-electron chi connectivity index (χ0n) is 19.5. The first-order valence-corrected chi connectivity index (χ1v) is 11.6. The summed E-state index contributed by atoms with van der Waals surface area (Å²) in [7, 11) is 0. The van der Waals surface area contributed by atoms with Gasteiger partial charge in [0.25, 0.3) is 0 Å². The van der Waals surface area contributed by atoms with Gasteiger partial charge in [0.1, 0.15) is 6.10 Å². The molecule has 2 aliphatic carbocycles. The van der Waals surface area contributed by atoms with Crippen LogP contribution in [0.1, 0.15) is 69.7 Å². The Morgan fingerprint density at radius 2 is 1.91 bits per heavy atom. The maximum atomic E-state index is 12.9. The van der Waals surface area contributed by atoms with Gasteiger partial charge in [-0.3, -0.25) is 4.79 Å². The molecule has 2 fully saturated rings. The third kappa shape index (κ3) is 4.54. The van der Waals surface area contributed by atoms with Crippen molar-refractivity contribution in [3.05, 3.63) is 59.7 Å². The maximum absolute atomic E-state index is 12.9. The van der Waals surface area contributed by atoms with Crippen LogP contribution in [0.3, 0.4) is 0 Å². The molecule has 2 aliphatic rings. The van der Waals surface area contributed by atoms with Gasteiger partial charge in [0.05, 0.1) is 17.6 Å². The maximum Gasteiger partial charge on any atom is 0.338 e. The first kappa shape index (κ1) is 24.2. The van der Waals surface area contributed by atoms with Crippen molar-refractivity contribution in [1.82, 2.24) is 0 Å². The first-order chi connectivity index (χ1) is 15.1. The highest BCUT2D eigenvalue weighted by Gasteiger charge is 2.61. The van der Waals surface area contributed by atoms with Gasteiger partial charge >= 0.3 is 11.9 Å². The van der Waals surface area contributed by atoms with Gasteiger partial charge in [-0.1, -0.05) is 55.3 Å². The number of esters is 1. The number of fused-ring (bicyclic) bond motifs is 1. The molecular formula is C27H36O5. The summed E-state index contributed by atoms with van der Waals surface area (Å²) in [5, 5.41) is 19.5. The topological polar surface area (TPSA) is 83.8 Å². The minimum absolute atomic E-state index is 0.0198. The minimum Gasteiger partial charge on any atom is -0.481 e. The smallest absolute Gasteiger partial charge is 0.338 e. The molecule has 5 nitrogen and oxygen atoms in total. The van der Waals surface area contributed by atoms with Crippen molar-refractivity contribution in [2.45, 2.75) is 65.4 Å². The fourth-order valence-corrected chi connectivity index (χ4v) is 6.38. The van der Waals surface area contributed by atoms with Gasteiger partial charge < -0.3 is 14.9 Å². The number of aliphatic hydroxyl groups is 1. The van der Waals surface area contributed by atoms with E-state index in [0.717, 1.165) is 36.8 Å². The summed E-state index contributed by atoms with van der Waals surface area (Å²) in [6.45, 7) is 10.4. The number of aliphatic hydroxyl groups excluding tert-OH is 1. The summed E-state index contributed by atoms with van der Waals surface area (Å²) in [5.41, 5.74) is 1.32. The van der Waals surface area contributed by atoms with Crippen LogP contribution in [0.15, 0.2) is 54.1 Å². The van der Waals surface area contributed by atoms with E-state index in [9.17, 15) is 19.8 Å². The van der Waals surface area contributed by atoms with Crippen LogP contribution in [0.25, 0.3) is 0 Å². The molecular weight excluding hydrogens is 404 g/mol. The van der Waals surface area contributed by atoms with Gasteiger partial charge in [-0.15, -0.1) is 0 Å². The second-order valence-electron chi connectivity index (χ2n) is 10.1. The van der Waals surface area contributed by atoms with E-state index in [1.165, 1.54) is 0 Å². The number of hydrogen-bond donors (Lipinski definition) is 2. The van der Waals surface area contributed by atoms with Crippen molar-refractivity contribution in [3.8, 4) is 0 Å². The second-order valence-corrected chi connectivity index (χ2v) is 10.1. The molecule has 3 rings (SSSR count). The number of ether oxygens (including phenoxy) is 1. The molecule has 2 N–H and O–H groups in total. The van der Waals surface area contributed by atoms with Gasteiger partial charge in [0.15, 0.2) is 0 Å². The number of rotatable bonds is 7. The number of aliphatic carboxylic acids is 1. The normalized spacial score (nSPS) is 32.8. The SMILES string of the molecule is C=C1C[C@@H](OC(=O)c2ccccc2)[C@@H]2[C@](C)(CCC[C@@]2(C)C(=O)O)[C@@H]1CC/C(C)=C/CO. The van der Waals surface area contributed by atoms with E-state index < -0.39 is 23.5 Å². The second kappa shape index (κ2) is 9.62. The fourth-order valence-electron chi connectivity index (χ4n) is 6.38. The lowest BCUT2D eigenvalue weighted by Crippen LogP contribution is -2.59. The van der Waals surface area contributed by atoms with Gasteiger partial charge in [-0.25, -0.2) is 4.79 Å². The quantitative estimate of drug-likeness (QED) is 0.438. The van der Waals surface area contributed by atoms with Gasteiger partial charge in [-0.2, -0.15) is 0 Å². The molecule has 0 bridgehead atoms. The van der Waals surface area contributed by atoms with E-state index in [4.69, 9.17) is 4.74 Å². The van der Waals surface area contributed by atoms with Crippen LogP contribution < -0.4 is 0 Å². The Hall–Kier alpha value is -2.40. The van der Waals surface area contributed by atoms with E-state index in [0.29, 0.717) is 18.4 Å². The largest absolute Gasteiger partial charge is 0.481 e. The number of benzene rings is 1. The zero-order chi connectivity index (χ0) is 23.5. The molecule has 0 heterocycles. The van der Waals surface area contributed by atoms with Crippen molar-refractivity contribution in [1.29, 1.82) is 0 Å². The molecule has 0 aromatic heterocycles. The Labute approximate surface area is 191 Å². The molecule has 0 unspecified atom stereocenters. The number of carbonyl (C=O) groups is 2. The van der Waals surface area contributed by atoms with Crippen LogP contribution in [-0.4, -0.2) is 34.9 Å². The summed E-state index contributed by atoms with van der Waals surface area (Å²) >= 11 is 0. The highest BCUT2D eigenvalue weighted by Crippen LogP contribution is 2.62.